The summed E-state index contributed by atoms with van der Waals surface area (Å²) >= 11 is 0. The van der Waals surface area contributed by atoms with E-state index in [1.807, 2.05) is 60.7 Å². The third kappa shape index (κ3) is 2.54. The maximum atomic E-state index is 10.5. The smallest absolute Gasteiger partial charge is 0.118 e. The predicted octanol–water partition coefficient (Wildman–Crippen LogP) is 2.43. The SMILES string of the molecule is O[C@H]1COCc2c(-c3ccccc3)nnn2[C@@H]1c1ccccc1. The van der Waals surface area contributed by atoms with Gasteiger partial charge in [-0.2, -0.15) is 0 Å². The molecule has 4 rings (SSSR count). The Morgan fingerprint density at radius 2 is 1.70 bits per heavy atom. The summed E-state index contributed by atoms with van der Waals surface area (Å²) in [5, 5.41) is 19.2. The molecule has 2 aromatic carbocycles. The highest BCUT2D eigenvalue weighted by Gasteiger charge is 2.31. The first-order chi connectivity index (χ1) is 11.3. The predicted molar refractivity (Wildman–Crippen MR) is 85.7 cm³/mol. The van der Waals surface area contributed by atoms with Crippen LogP contribution in [0.25, 0.3) is 11.3 Å². The van der Waals surface area contributed by atoms with Gasteiger partial charge in [0, 0.05) is 5.56 Å². The molecule has 2 heterocycles. The molecular formula is C18H17N3O2. The van der Waals surface area contributed by atoms with Gasteiger partial charge in [0.15, 0.2) is 0 Å². The Morgan fingerprint density at radius 1 is 1.00 bits per heavy atom. The van der Waals surface area contributed by atoms with Crippen LogP contribution in [0.2, 0.25) is 0 Å². The minimum absolute atomic E-state index is 0.275. The van der Waals surface area contributed by atoms with Gasteiger partial charge in [0.05, 0.1) is 18.9 Å². The molecule has 1 aliphatic heterocycles. The fourth-order valence-corrected chi connectivity index (χ4v) is 3.04. The maximum absolute atomic E-state index is 10.5. The van der Waals surface area contributed by atoms with E-state index < -0.39 is 6.10 Å². The summed E-state index contributed by atoms with van der Waals surface area (Å²) in [5.41, 5.74) is 3.69. The Labute approximate surface area is 134 Å². The van der Waals surface area contributed by atoms with Gasteiger partial charge in [0.1, 0.15) is 17.8 Å². The fraction of sp³-hybridized carbons (Fsp3) is 0.222. The van der Waals surface area contributed by atoms with Gasteiger partial charge < -0.3 is 9.84 Å². The number of rotatable bonds is 2. The number of aliphatic hydroxyl groups is 1. The van der Waals surface area contributed by atoms with Crippen molar-refractivity contribution < 1.29 is 9.84 Å². The van der Waals surface area contributed by atoms with Crippen molar-refractivity contribution in [3.05, 3.63) is 71.9 Å². The molecule has 0 bridgehead atoms. The van der Waals surface area contributed by atoms with E-state index in [2.05, 4.69) is 10.3 Å². The number of fused-ring (bicyclic) bond motifs is 1. The number of aliphatic hydroxyl groups excluding tert-OH is 1. The van der Waals surface area contributed by atoms with E-state index in [1.54, 1.807) is 4.68 Å². The molecule has 0 amide bonds. The molecule has 0 aliphatic carbocycles. The molecule has 1 aliphatic rings. The van der Waals surface area contributed by atoms with Crippen LogP contribution in [0, 0.1) is 0 Å². The zero-order valence-corrected chi connectivity index (χ0v) is 12.5. The highest BCUT2D eigenvalue weighted by Crippen LogP contribution is 2.31. The number of aromatic nitrogens is 3. The summed E-state index contributed by atoms with van der Waals surface area (Å²) in [6.45, 7) is 0.661. The Hall–Kier alpha value is -2.50. The lowest BCUT2D eigenvalue weighted by molar-refractivity contribution is 0.0238. The van der Waals surface area contributed by atoms with Gasteiger partial charge in [-0.3, -0.25) is 0 Å². The molecule has 0 saturated heterocycles. The average Bonchev–Trinajstić information content (AvgIpc) is 2.93. The lowest BCUT2D eigenvalue weighted by Crippen LogP contribution is -2.28. The van der Waals surface area contributed by atoms with E-state index in [1.165, 1.54) is 0 Å². The van der Waals surface area contributed by atoms with E-state index in [9.17, 15) is 5.11 Å². The molecule has 23 heavy (non-hydrogen) atoms. The molecule has 1 N–H and O–H groups in total. The van der Waals surface area contributed by atoms with Gasteiger partial charge in [-0.1, -0.05) is 65.9 Å². The van der Waals surface area contributed by atoms with Crippen molar-refractivity contribution in [3.8, 4) is 11.3 Å². The first-order valence-electron chi connectivity index (χ1n) is 7.65. The zero-order valence-electron chi connectivity index (χ0n) is 12.5. The molecule has 1 aromatic heterocycles. The van der Waals surface area contributed by atoms with Crippen LogP contribution in [0.1, 0.15) is 17.3 Å². The highest BCUT2D eigenvalue weighted by atomic mass is 16.5. The number of ether oxygens (including phenoxy) is 1. The minimum Gasteiger partial charge on any atom is -0.388 e. The van der Waals surface area contributed by atoms with Gasteiger partial charge in [-0.15, -0.1) is 5.10 Å². The summed E-state index contributed by atoms with van der Waals surface area (Å²) in [6.07, 6.45) is -0.663. The van der Waals surface area contributed by atoms with E-state index in [-0.39, 0.29) is 12.6 Å². The second-order valence-electron chi connectivity index (χ2n) is 5.63. The molecule has 0 fully saturated rings. The van der Waals surface area contributed by atoms with Gasteiger partial charge in [-0.05, 0) is 5.56 Å². The number of nitrogens with zero attached hydrogens (tertiary/aromatic N) is 3. The quantitative estimate of drug-likeness (QED) is 0.790. The van der Waals surface area contributed by atoms with Crippen molar-refractivity contribution in [2.75, 3.05) is 6.61 Å². The zero-order chi connectivity index (χ0) is 15.6. The summed E-state index contributed by atoms with van der Waals surface area (Å²) in [4.78, 5) is 0. The van der Waals surface area contributed by atoms with Gasteiger partial charge >= 0.3 is 0 Å². The van der Waals surface area contributed by atoms with Crippen LogP contribution in [0.5, 0.6) is 0 Å². The summed E-state index contributed by atoms with van der Waals surface area (Å²) in [7, 11) is 0. The fourth-order valence-electron chi connectivity index (χ4n) is 3.04. The molecule has 116 valence electrons. The van der Waals surface area contributed by atoms with Crippen LogP contribution in [-0.4, -0.2) is 32.8 Å². The molecule has 0 spiro atoms. The second-order valence-corrected chi connectivity index (χ2v) is 5.63. The molecular weight excluding hydrogens is 290 g/mol. The van der Waals surface area contributed by atoms with Crippen LogP contribution in [0.4, 0.5) is 0 Å². The highest BCUT2D eigenvalue weighted by molar-refractivity contribution is 5.61. The Kier molecular flexibility index (Phi) is 3.65. The van der Waals surface area contributed by atoms with E-state index in [0.29, 0.717) is 6.61 Å². The van der Waals surface area contributed by atoms with Crippen molar-refractivity contribution in [1.82, 2.24) is 15.0 Å². The van der Waals surface area contributed by atoms with Crippen LogP contribution in [0.3, 0.4) is 0 Å². The number of benzene rings is 2. The van der Waals surface area contributed by atoms with Gasteiger partial charge in [0.25, 0.3) is 0 Å². The van der Waals surface area contributed by atoms with Crippen molar-refractivity contribution in [2.45, 2.75) is 18.8 Å². The Morgan fingerprint density at radius 3 is 2.43 bits per heavy atom. The third-order valence-corrected chi connectivity index (χ3v) is 4.13. The average molecular weight is 307 g/mol. The van der Waals surface area contributed by atoms with Crippen molar-refractivity contribution in [3.63, 3.8) is 0 Å². The first-order valence-corrected chi connectivity index (χ1v) is 7.65. The van der Waals surface area contributed by atoms with Crippen LogP contribution < -0.4 is 0 Å². The Bertz CT molecular complexity index is 787. The van der Waals surface area contributed by atoms with Crippen molar-refractivity contribution >= 4 is 0 Å². The van der Waals surface area contributed by atoms with Crippen LogP contribution in [-0.2, 0) is 11.3 Å². The van der Waals surface area contributed by atoms with E-state index in [4.69, 9.17) is 4.74 Å². The molecule has 5 nitrogen and oxygen atoms in total. The second kappa shape index (κ2) is 5.95. The lowest BCUT2D eigenvalue weighted by atomic mass is 10.0. The van der Waals surface area contributed by atoms with Gasteiger partial charge in [-0.25, -0.2) is 4.68 Å². The molecule has 2 atom stereocenters. The maximum Gasteiger partial charge on any atom is 0.118 e. The topological polar surface area (TPSA) is 60.2 Å². The summed E-state index contributed by atoms with van der Waals surface area (Å²) in [6, 6.07) is 19.5. The first kappa shape index (κ1) is 14.1. The standard InChI is InChI=1S/C18H17N3O2/c22-16-12-23-11-15-17(13-7-3-1-4-8-13)19-20-21(15)18(16)14-9-5-2-6-10-14/h1-10,16,18,22H,11-12H2/t16-,18+/m0/s1. The van der Waals surface area contributed by atoms with Gasteiger partial charge in [0.2, 0.25) is 0 Å². The Balaban J connectivity index is 1.84. The summed E-state index contributed by atoms with van der Waals surface area (Å²) < 4.78 is 7.46. The molecule has 5 heteroatoms. The molecule has 3 aromatic rings. The van der Waals surface area contributed by atoms with Crippen LogP contribution in [0.15, 0.2) is 60.7 Å². The summed E-state index contributed by atoms with van der Waals surface area (Å²) in [5.74, 6) is 0. The normalized spacial score (nSPS) is 20.7. The number of hydrogen-bond acceptors (Lipinski definition) is 4. The lowest BCUT2D eigenvalue weighted by Gasteiger charge is -2.21. The molecule has 0 radical (unpaired) electrons. The van der Waals surface area contributed by atoms with E-state index >= 15 is 0 Å². The minimum atomic E-state index is -0.663. The van der Waals surface area contributed by atoms with Crippen molar-refractivity contribution in [2.24, 2.45) is 0 Å². The van der Waals surface area contributed by atoms with E-state index in [0.717, 1.165) is 22.5 Å². The third-order valence-electron chi connectivity index (χ3n) is 4.13. The molecule has 0 saturated carbocycles. The number of hydrogen-bond donors (Lipinski definition) is 1. The monoisotopic (exact) mass is 307 g/mol. The largest absolute Gasteiger partial charge is 0.388 e. The van der Waals surface area contributed by atoms with Crippen molar-refractivity contribution in [1.29, 1.82) is 0 Å². The van der Waals surface area contributed by atoms with Crippen LogP contribution >= 0.6 is 0 Å². The molecule has 0 unspecified atom stereocenters.